The van der Waals surface area contributed by atoms with Crippen LogP contribution in [0.5, 0.6) is 11.5 Å². The Kier molecular flexibility index (Phi) is 11.8. The highest BCUT2D eigenvalue weighted by molar-refractivity contribution is 9.10. The monoisotopic (exact) mass is 563 g/mol. The number of benzene rings is 2. The molecule has 36 heavy (non-hydrogen) atoms. The van der Waals surface area contributed by atoms with Gasteiger partial charge in [-0.1, -0.05) is 42.8 Å². The molecule has 0 amide bonds. The Morgan fingerprint density at radius 3 is 2.36 bits per heavy atom. The highest BCUT2D eigenvalue weighted by Crippen LogP contribution is 2.36. The quantitative estimate of drug-likeness (QED) is 0.163. The molecule has 8 nitrogen and oxygen atoms in total. The van der Waals surface area contributed by atoms with Gasteiger partial charge in [0.25, 0.3) is 0 Å². The number of halogens is 1. The molecule has 0 unspecified atom stereocenters. The average molecular weight is 565 g/mol. The lowest BCUT2D eigenvalue weighted by Crippen LogP contribution is -2.43. The van der Waals surface area contributed by atoms with Gasteiger partial charge in [0.1, 0.15) is 30.8 Å². The number of hydrazine groups is 1. The van der Waals surface area contributed by atoms with Crippen LogP contribution in [0.15, 0.2) is 63.4 Å². The van der Waals surface area contributed by atoms with Gasteiger partial charge in [-0.25, -0.2) is 5.43 Å². The molecule has 1 atom stereocenters. The maximum atomic E-state index is 10.8. The predicted octanol–water partition coefficient (Wildman–Crippen LogP) is 4.77. The summed E-state index contributed by atoms with van der Waals surface area (Å²) in [7, 11) is 1.73. The lowest BCUT2D eigenvalue weighted by Gasteiger charge is -2.28. The van der Waals surface area contributed by atoms with Crippen LogP contribution >= 0.6 is 15.9 Å². The summed E-state index contributed by atoms with van der Waals surface area (Å²) in [6, 6.07) is 13.9. The molecule has 3 N–H and O–H groups in total. The minimum absolute atomic E-state index is 0.0318. The first-order valence-electron chi connectivity index (χ1n) is 12.0. The summed E-state index contributed by atoms with van der Waals surface area (Å²) in [6.07, 6.45) is -0.183. The van der Waals surface area contributed by atoms with Crippen LogP contribution in [0.25, 0.3) is 0 Å². The van der Waals surface area contributed by atoms with Crippen LogP contribution < -0.4 is 14.9 Å². The van der Waals surface area contributed by atoms with Crippen molar-refractivity contribution in [2.75, 3.05) is 40.0 Å². The third kappa shape index (κ3) is 8.30. The summed E-state index contributed by atoms with van der Waals surface area (Å²) in [5, 5.41) is 24.1. The van der Waals surface area contributed by atoms with Crippen molar-refractivity contribution in [1.82, 2.24) is 10.4 Å². The summed E-state index contributed by atoms with van der Waals surface area (Å²) in [5.41, 5.74) is 6.66. The number of nitrogens with zero attached hydrogens (tertiary/aromatic N) is 2. The van der Waals surface area contributed by atoms with Crippen LogP contribution in [-0.4, -0.2) is 61.3 Å². The lowest BCUT2D eigenvalue weighted by atomic mass is 9.78. The molecule has 0 aliphatic carbocycles. The van der Waals surface area contributed by atoms with Gasteiger partial charge in [-0.3, -0.25) is 0 Å². The van der Waals surface area contributed by atoms with E-state index in [1.54, 1.807) is 12.1 Å². The highest BCUT2D eigenvalue weighted by Gasteiger charge is 2.24. The number of nitrogens with one attached hydrogen (secondary N) is 1. The second kappa shape index (κ2) is 14.3. The minimum Gasteiger partial charge on any atom is -0.492 e. The first-order chi connectivity index (χ1) is 17.1. The van der Waals surface area contributed by atoms with Crippen LogP contribution in [0.3, 0.4) is 0 Å². The van der Waals surface area contributed by atoms with Gasteiger partial charge in [0.2, 0.25) is 0 Å². The van der Waals surface area contributed by atoms with Crippen LogP contribution in [-0.2, 0) is 5.41 Å². The Morgan fingerprint density at radius 1 is 1.14 bits per heavy atom. The number of rotatable bonds is 15. The molecule has 2 aromatic rings. The molecule has 9 heteroatoms. The smallest absolute Gasteiger partial charge is 0.133 e. The van der Waals surface area contributed by atoms with E-state index in [2.05, 4.69) is 46.4 Å². The number of ether oxygens (including phenoxy) is 2. The van der Waals surface area contributed by atoms with E-state index < -0.39 is 6.10 Å². The third-order valence-corrected chi connectivity index (χ3v) is 6.63. The van der Waals surface area contributed by atoms with Crippen molar-refractivity contribution in [3.63, 3.8) is 0 Å². The molecule has 0 aliphatic heterocycles. The van der Waals surface area contributed by atoms with Crippen molar-refractivity contribution in [3.8, 4) is 11.5 Å². The molecule has 0 saturated heterocycles. The standard InChI is InChI=1S/C27H38BrN3O5/c1-19(2)25(16-30-34)31(29-5)17-22(33)18-36-23-10-7-20(8-11-23)27(3,4)21-9-12-26(24(28)15-21)35-14-6-13-32/h7-12,15,22,29,32-33H,6,13-14,16-18H2,1-5H3/t22-/m1/s1. The molecule has 2 rings (SSSR count). The summed E-state index contributed by atoms with van der Waals surface area (Å²) < 4.78 is 12.4. The molecule has 0 saturated carbocycles. The number of hydrogen-bond acceptors (Lipinski definition) is 8. The Morgan fingerprint density at radius 2 is 1.81 bits per heavy atom. The SMILES string of the molecule is CNN(C[C@@H](O)COc1ccc(C(C)(C)c2ccc(OCCCO)c(Br)c2)cc1)C(CN=O)=C(C)C. The van der Waals surface area contributed by atoms with Gasteiger partial charge in [0.05, 0.1) is 23.3 Å². The predicted molar refractivity (Wildman–Crippen MR) is 146 cm³/mol. The molecule has 0 aromatic heterocycles. The Labute approximate surface area is 222 Å². The maximum absolute atomic E-state index is 10.8. The van der Waals surface area contributed by atoms with Gasteiger partial charge < -0.3 is 24.7 Å². The number of nitroso groups, excluding NO2 is 1. The van der Waals surface area contributed by atoms with Crippen LogP contribution in [0.4, 0.5) is 0 Å². The fourth-order valence-corrected chi connectivity index (χ4v) is 4.25. The van der Waals surface area contributed by atoms with Crippen LogP contribution in [0.2, 0.25) is 0 Å². The summed E-state index contributed by atoms with van der Waals surface area (Å²) >= 11 is 3.59. The van der Waals surface area contributed by atoms with Crippen molar-refractivity contribution in [3.05, 3.63) is 74.2 Å². The zero-order valence-electron chi connectivity index (χ0n) is 21.8. The number of aliphatic hydroxyl groups excluding tert-OH is 2. The van der Waals surface area contributed by atoms with E-state index in [9.17, 15) is 10.0 Å². The fraction of sp³-hybridized carbons (Fsp3) is 0.481. The van der Waals surface area contributed by atoms with E-state index in [-0.39, 0.29) is 31.7 Å². The van der Waals surface area contributed by atoms with Crippen molar-refractivity contribution < 1.29 is 19.7 Å². The zero-order valence-corrected chi connectivity index (χ0v) is 23.3. The topological polar surface area (TPSA) is 104 Å². The van der Waals surface area contributed by atoms with Gasteiger partial charge in [-0.15, -0.1) is 0 Å². The van der Waals surface area contributed by atoms with E-state index in [1.807, 2.05) is 50.2 Å². The molecule has 0 spiro atoms. The van der Waals surface area contributed by atoms with Crippen LogP contribution in [0, 0.1) is 4.91 Å². The van der Waals surface area contributed by atoms with E-state index in [0.29, 0.717) is 18.8 Å². The van der Waals surface area contributed by atoms with E-state index in [1.165, 1.54) is 0 Å². The van der Waals surface area contributed by atoms with Crippen molar-refractivity contribution in [1.29, 1.82) is 0 Å². The zero-order chi connectivity index (χ0) is 26.7. The van der Waals surface area contributed by atoms with Crippen LogP contribution in [0.1, 0.15) is 45.2 Å². The first-order valence-corrected chi connectivity index (χ1v) is 12.8. The summed E-state index contributed by atoms with van der Waals surface area (Å²) in [6.45, 7) is 9.07. The molecular formula is C27H38BrN3O5. The molecular weight excluding hydrogens is 526 g/mol. The number of aliphatic hydroxyl groups is 2. The van der Waals surface area contributed by atoms with E-state index >= 15 is 0 Å². The molecule has 0 bridgehead atoms. The summed E-state index contributed by atoms with van der Waals surface area (Å²) in [5.74, 6) is 1.41. The number of allylic oxidation sites excluding steroid dienone is 1. The molecule has 0 fully saturated rings. The van der Waals surface area contributed by atoms with E-state index in [4.69, 9.17) is 14.6 Å². The highest BCUT2D eigenvalue weighted by atomic mass is 79.9. The second-order valence-corrected chi connectivity index (χ2v) is 10.1. The fourth-order valence-electron chi connectivity index (χ4n) is 3.75. The van der Waals surface area contributed by atoms with Crippen molar-refractivity contribution >= 4 is 15.9 Å². The Balaban J connectivity index is 2.02. The Bertz CT molecular complexity index is 1010. The summed E-state index contributed by atoms with van der Waals surface area (Å²) in [4.78, 5) is 10.8. The largest absolute Gasteiger partial charge is 0.492 e. The molecule has 0 heterocycles. The van der Waals surface area contributed by atoms with Gasteiger partial charge in [0.15, 0.2) is 0 Å². The lowest BCUT2D eigenvalue weighted by molar-refractivity contribution is 0.0658. The van der Waals surface area contributed by atoms with Gasteiger partial charge in [-0.05, 0) is 65.2 Å². The minimum atomic E-state index is -0.773. The third-order valence-electron chi connectivity index (χ3n) is 6.01. The Hall–Kier alpha value is -2.46. The molecule has 198 valence electrons. The van der Waals surface area contributed by atoms with Crippen molar-refractivity contribution in [2.45, 2.75) is 45.6 Å². The normalized spacial score (nSPS) is 12.1. The van der Waals surface area contributed by atoms with Gasteiger partial charge in [0, 0.05) is 25.5 Å². The van der Waals surface area contributed by atoms with Gasteiger partial charge >= 0.3 is 0 Å². The molecule has 2 aromatic carbocycles. The van der Waals surface area contributed by atoms with Crippen molar-refractivity contribution in [2.24, 2.45) is 5.18 Å². The molecule has 0 aliphatic rings. The number of hydrogen-bond donors (Lipinski definition) is 3. The van der Waals surface area contributed by atoms with E-state index in [0.717, 1.165) is 32.6 Å². The molecule has 0 radical (unpaired) electrons. The second-order valence-electron chi connectivity index (χ2n) is 9.25. The van der Waals surface area contributed by atoms with Gasteiger partial charge in [-0.2, -0.15) is 4.91 Å². The maximum Gasteiger partial charge on any atom is 0.133 e. The average Bonchev–Trinajstić information content (AvgIpc) is 2.86. The first kappa shape index (κ1) is 29.8.